The zero-order chi connectivity index (χ0) is 19.3. The second-order valence-corrected chi connectivity index (χ2v) is 7.39. The SMILES string of the molecule is O=C(Cn1cnc2sccc2c1=O)NCC(c1ccccc1)c1ccccc1. The van der Waals surface area contributed by atoms with Gasteiger partial charge in [-0.05, 0) is 22.6 Å². The number of aromatic nitrogens is 2. The van der Waals surface area contributed by atoms with Crippen molar-refractivity contribution in [3.63, 3.8) is 0 Å². The molecule has 2 aromatic heterocycles. The van der Waals surface area contributed by atoms with E-state index in [2.05, 4.69) is 34.6 Å². The fraction of sp³-hybridized carbons (Fsp3) is 0.136. The number of carbonyl (C=O) groups is 1. The minimum atomic E-state index is -0.213. The van der Waals surface area contributed by atoms with E-state index < -0.39 is 0 Å². The van der Waals surface area contributed by atoms with E-state index >= 15 is 0 Å². The van der Waals surface area contributed by atoms with E-state index in [0.717, 1.165) is 11.1 Å². The molecule has 2 heterocycles. The molecule has 140 valence electrons. The van der Waals surface area contributed by atoms with E-state index in [0.29, 0.717) is 16.8 Å². The molecular weight excluding hydrogens is 370 g/mol. The molecule has 28 heavy (non-hydrogen) atoms. The molecule has 0 aliphatic carbocycles. The lowest BCUT2D eigenvalue weighted by Gasteiger charge is -2.19. The van der Waals surface area contributed by atoms with Gasteiger partial charge in [-0.3, -0.25) is 14.2 Å². The number of rotatable bonds is 6. The van der Waals surface area contributed by atoms with Crippen LogP contribution >= 0.6 is 11.3 Å². The highest BCUT2D eigenvalue weighted by molar-refractivity contribution is 7.16. The topological polar surface area (TPSA) is 64.0 Å². The van der Waals surface area contributed by atoms with Gasteiger partial charge in [0.25, 0.3) is 5.56 Å². The van der Waals surface area contributed by atoms with Crippen molar-refractivity contribution in [1.82, 2.24) is 14.9 Å². The third kappa shape index (κ3) is 3.87. The first-order valence-corrected chi connectivity index (χ1v) is 9.89. The van der Waals surface area contributed by atoms with Crippen LogP contribution in [0.4, 0.5) is 0 Å². The number of thiophene rings is 1. The Morgan fingerprint density at radius 1 is 1.00 bits per heavy atom. The van der Waals surface area contributed by atoms with Gasteiger partial charge in [0.05, 0.1) is 11.7 Å². The second kappa shape index (κ2) is 8.19. The maximum absolute atomic E-state index is 12.5. The molecule has 0 bridgehead atoms. The largest absolute Gasteiger partial charge is 0.354 e. The van der Waals surface area contributed by atoms with Crippen LogP contribution in [0.3, 0.4) is 0 Å². The molecule has 0 unspecified atom stereocenters. The van der Waals surface area contributed by atoms with Gasteiger partial charge in [0.2, 0.25) is 5.91 Å². The van der Waals surface area contributed by atoms with Crippen LogP contribution in [0.5, 0.6) is 0 Å². The summed E-state index contributed by atoms with van der Waals surface area (Å²) in [5, 5.41) is 5.35. The van der Waals surface area contributed by atoms with Crippen molar-refractivity contribution < 1.29 is 4.79 Å². The van der Waals surface area contributed by atoms with Crippen molar-refractivity contribution in [3.8, 4) is 0 Å². The summed E-state index contributed by atoms with van der Waals surface area (Å²) in [5.41, 5.74) is 2.07. The lowest BCUT2D eigenvalue weighted by molar-refractivity contribution is -0.121. The van der Waals surface area contributed by atoms with Gasteiger partial charge in [-0.15, -0.1) is 11.3 Å². The second-order valence-electron chi connectivity index (χ2n) is 6.50. The normalized spacial score (nSPS) is 11.0. The van der Waals surface area contributed by atoms with Crippen molar-refractivity contribution in [2.24, 2.45) is 0 Å². The van der Waals surface area contributed by atoms with Gasteiger partial charge < -0.3 is 5.32 Å². The van der Waals surface area contributed by atoms with Gasteiger partial charge in [0, 0.05) is 12.5 Å². The molecule has 5 nitrogen and oxygen atoms in total. The number of amides is 1. The van der Waals surface area contributed by atoms with E-state index in [1.54, 1.807) is 6.07 Å². The third-order valence-corrected chi connectivity index (χ3v) is 5.49. The molecule has 0 aliphatic rings. The monoisotopic (exact) mass is 389 g/mol. The molecule has 0 atom stereocenters. The van der Waals surface area contributed by atoms with E-state index in [4.69, 9.17) is 0 Å². The van der Waals surface area contributed by atoms with Crippen LogP contribution < -0.4 is 10.9 Å². The predicted molar refractivity (Wildman–Crippen MR) is 112 cm³/mol. The fourth-order valence-electron chi connectivity index (χ4n) is 3.23. The van der Waals surface area contributed by atoms with Crippen molar-refractivity contribution in [3.05, 3.63) is 99.9 Å². The number of carbonyl (C=O) groups excluding carboxylic acids is 1. The molecule has 0 saturated heterocycles. The van der Waals surface area contributed by atoms with Crippen LogP contribution in [0.15, 0.2) is 83.2 Å². The van der Waals surface area contributed by atoms with E-state index in [1.165, 1.54) is 22.2 Å². The first-order chi connectivity index (χ1) is 13.7. The Morgan fingerprint density at radius 3 is 2.29 bits per heavy atom. The third-order valence-electron chi connectivity index (χ3n) is 4.67. The molecule has 6 heteroatoms. The van der Waals surface area contributed by atoms with E-state index in [1.807, 2.05) is 41.8 Å². The molecule has 0 fully saturated rings. The Labute approximate surface area is 166 Å². The summed E-state index contributed by atoms with van der Waals surface area (Å²) < 4.78 is 1.35. The summed E-state index contributed by atoms with van der Waals surface area (Å²) in [6, 6.07) is 21.9. The highest BCUT2D eigenvalue weighted by Gasteiger charge is 2.16. The zero-order valence-corrected chi connectivity index (χ0v) is 15.9. The summed E-state index contributed by atoms with van der Waals surface area (Å²) in [7, 11) is 0. The maximum atomic E-state index is 12.5. The van der Waals surface area contributed by atoms with Gasteiger partial charge in [-0.25, -0.2) is 4.98 Å². The first kappa shape index (κ1) is 18.1. The van der Waals surface area contributed by atoms with Gasteiger partial charge in [0.15, 0.2) is 0 Å². The van der Waals surface area contributed by atoms with Gasteiger partial charge in [0.1, 0.15) is 11.4 Å². The lowest BCUT2D eigenvalue weighted by atomic mass is 9.91. The molecule has 1 amide bonds. The van der Waals surface area contributed by atoms with Crippen molar-refractivity contribution in [1.29, 1.82) is 0 Å². The number of fused-ring (bicyclic) bond motifs is 1. The van der Waals surface area contributed by atoms with Gasteiger partial charge in [-0.2, -0.15) is 0 Å². The molecule has 0 spiro atoms. The van der Waals surface area contributed by atoms with Crippen LogP contribution in [0.25, 0.3) is 10.2 Å². The van der Waals surface area contributed by atoms with E-state index in [9.17, 15) is 9.59 Å². The van der Waals surface area contributed by atoms with Crippen molar-refractivity contribution >= 4 is 27.5 Å². The number of hydrogen-bond donors (Lipinski definition) is 1. The molecule has 4 rings (SSSR count). The van der Waals surface area contributed by atoms with Crippen LogP contribution in [-0.4, -0.2) is 22.0 Å². The molecule has 0 radical (unpaired) electrons. The molecule has 0 aliphatic heterocycles. The molecule has 1 N–H and O–H groups in total. The number of nitrogens with zero attached hydrogens (tertiary/aromatic N) is 2. The molecule has 0 saturated carbocycles. The average Bonchev–Trinajstić information content (AvgIpc) is 3.22. The van der Waals surface area contributed by atoms with Crippen LogP contribution in [-0.2, 0) is 11.3 Å². The standard InChI is InChI=1S/C22H19N3O2S/c26-20(14-25-15-24-21-18(22(25)27)11-12-28-21)23-13-19(16-7-3-1-4-8-16)17-9-5-2-6-10-17/h1-12,15,19H,13-14H2,(H,23,26). The Kier molecular flexibility index (Phi) is 5.30. The molecule has 2 aromatic carbocycles. The minimum absolute atomic E-state index is 0.0422. The summed E-state index contributed by atoms with van der Waals surface area (Å²) in [4.78, 5) is 29.9. The van der Waals surface area contributed by atoms with Crippen LogP contribution in [0, 0.1) is 0 Å². The van der Waals surface area contributed by atoms with Crippen molar-refractivity contribution in [2.75, 3.05) is 6.54 Å². The fourth-order valence-corrected chi connectivity index (χ4v) is 3.95. The smallest absolute Gasteiger partial charge is 0.262 e. The first-order valence-electron chi connectivity index (χ1n) is 9.01. The number of benzene rings is 2. The van der Waals surface area contributed by atoms with Crippen LogP contribution in [0.2, 0.25) is 0 Å². The molecular formula is C22H19N3O2S. The lowest BCUT2D eigenvalue weighted by Crippen LogP contribution is -2.34. The zero-order valence-electron chi connectivity index (χ0n) is 15.1. The summed E-state index contributed by atoms with van der Waals surface area (Å²) in [5.74, 6) is -0.170. The van der Waals surface area contributed by atoms with Gasteiger partial charge in [-0.1, -0.05) is 60.7 Å². The van der Waals surface area contributed by atoms with Gasteiger partial charge >= 0.3 is 0 Å². The van der Waals surface area contributed by atoms with Crippen LogP contribution in [0.1, 0.15) is 17.0 Å². The summed E-state index contributed by atoms with van der Waals surface area (Å²) >= 11 is 1.41. The van der Waals surface area contributed by atoms with Crippen molar-refractivity contribution in [2.45, 2.75) is 12.5 Å². The highest BCUT2D eigenvalue weighted by atomic mass is 32.1. The Balaban J connectivity index is 1.50. The van der Waals surface area contributed by atoms with E-state index in [-0.39, 0.29) is 23.9 Å². The summed E-state index contributed by atoms with van der Waals surface area (Å²) in [6.07, 6.45) is 1.44. The summed E-state index contributed by atoms with van der Waals surface area (Å²) in [6.45, 7) is 0.406. The predicted octanol–water partition coefficient (Wildman–Crippen LogP) is 3.41. The maximum Gasteiger partial charge on any atom is 0.262 e. The Hall–Kier alpha value is -3.25. The number of hydrogen-bond acceptors (Lipinski definition) is 4. The average molecular weight is 389 g/mol. The molecule has 4 aromatic rings. The number of nitrogens with one attached hydrogen (secondary N) is 1. The Bertz CT molecular complexity index is 1100. The highest BCUT2D eigenvalue weighted by Crippen LogP contribution is 2.23. The quantitative estimate of drug-likeness (QED) is 0.550. The Morgan fingerprint density at radius 2 is 1.64 bits per heavy atom. The minimum Gasteiger partial charge on any atom is -0.354 e.